The average molecular weight is 1110 g/mol. The van der Waals surface area contributed by atoms with Crippen LogP contribution in [0.5, 0.6) is 0 Å². The highest BCUT2D eigenvalue weighted by Gasteiger charge is 2.46. The molecule has 3 aliphatic rings. The molecular formula is C59H83N9O8S2. The summed E-state index contributed by atoms with van der Waals surface area (Å²) in [5.74, 6) is -2.64. The fourth-order valence-corrected chi connectivity index (χ4v) is 12.5. The highest BCUT2D eigenvalue weighted by molar-refractivity contribution is 7.99. The minimum absolute atomic E-state index is 0.00913. The number of likely N-dealkylation sites (tertiary alicyclic amines) is 1. The topological polar surface area (TPSA) is 236 Å². The molecule has 424 valence electrons. The van der Waals surface area contributed by atoms with E-state index in [9.17, 15) is 38.4 Å². The molecule has 19 heteroatoms. The molecule has 3 heterocycles. The van der Waals surface area contributed by atoms with E-state index in [4.69, 9.17) is 0 Å². The van der Waals surface area contributed by atoms with Crippen molar-refractivity contribution in [3.8, 4) is 0 Å². The van der Waals surface area contributed by atoms with Gasteiger partial charge in [0.2, 0.25) is 29.5 Å². The maximum absolute atomic E-state index is 14.7. The lowest BCUT2D eigenvalue weighted by atomic mass is 9.75. The molecule has 10 atom stereocenters. The van der Waals surface area contributed by atoms with Gasteiger partial charge < -0.3 is 47.4 Å². The number of carbonyl (C=O) groups is 8. The number of hydrogen-bond donors (Lipinski definition) is 8. The number of benzene rings is 3. The Bertz CT molecular complexity index is 2660. The summed E-state index contributed by atoms with van der Waals surface area (Å²) in [5.41, 5.74) is 1.12. The Labute approximate surface area is 469 Å². The fraction of sp³-hybridized carbons (Fsp3) is 0.559. The first-order valence-electron chi connectivity index (χ1n) is 27.5. The molecule has 1 fully saturated rings. The molecule has 0 spiro atoms. The van der Waals surface area contributed by atoms with Gasteiger partial charge in [-0.2, -0.15) is 0 Å². The zero-order valence-electron chi connectivity index (χ0n) is 47.3. The molecule has 7 amide bonds. The number of amides is 7. The molecular weight excluding hydrogens is 1030 g/mol. The lowest BCUT2D eigenvalue weighted by molar-refractivity contribution is -0.144. The van der Waals surface area contributed by atoms with Crippen LogP contribution in [0.4, 0.5) is 0 Å². The Morgan fingerprint density at radius 2 is 1.15 bits per heavy atom. The molecule has 0 aliphatic carbocycles. The quantitative estimate of drug-likeness (QED) is 0.0534. The van der Waals surface area contributed by atoms with E-state index < -0.39 is 76.6 Å². The molecule has 1 saturated heterocycles. The number of unbranched alkanes of at least 4 members (excludes halogenated alkanes) is 1. The lowest BCUT2D eigenvalue weighted by Crippen LogP contribution is -2.59. The first kappa shape index (κ1) is 61.5. The molecule has 3 aromatic carbocycles. The molecule has 0 bridgehead atoms. The van der Waals surface area contributed by atoms with Crippen LogP contribution in [0, 0.1) is 22.7 Å². The van der Waals surface area contributed by atoms with Crippen molar-refractivity contribution in [3.63, 3.8) is 0 Å². The number of ketones is 1. The van der Waals surface area contributed by atoms with E-state index in [0.29, 0.717) is 25.7 Å². The summed E-state index contributed by atoms with van der Waals surface area (Å²) < 4.78 is 0. The highest BCUT2D eigenvalue weighted by Crippen LogP contribution is 2.38. The third-order valence-corrected chi connectivity index (χ3v) is 17.5. The van der Waals surface area contributed by atoms with Crippen LogP contribution in [0.25, 0.3) is 0 Å². The van der Waals surface area contributed by atoms with E-state index in [1.807, 2.05) is 84.0 Å². The predicted octanol–water partition coefficient (Wildman–Crippen LogP) is 6.09. The number of fused-ring (bicyclic) bond motifs is 2. The molecule has 17 nitrogen and oxygen atoms in total. The molecule has 10 unspecified atom stereocenters. The summed E-state index contributed by atoms with van der Waals surface area (Å²) in [6.07, 6.45) is 2.88. The average Bonchev–Trinajstić information content (AvgIpc) is 3.95. The number of likely N-dealkylation sites (N-methyl/N-ethyl adjacent to an activating group) is 2. The van der Waals surface area contributed by atoms with E-state index in [-0.39, 0.29) is 72.1 Å². The van der Waals surface area contributed by atoms with Gasteiger partial charge in [0.15, 0.2) is 5.78 Å². The maximum Gasteiger partial charge on any atom is 0.251 e. The standard InChI is InChI=1S/C59H83N9O8S2/c1-34(51(70)64-43-26-29-77-46-24-14-12-22-41(43)46)40(48(69)49(58(4,5)6)66-52(71)35(2)60-10)21-16-17-28-62-54(73)37-19-18-20-38(31-37)55(74)63-39-32-45(56(75)65-44-27-30-78-47-25-15-13-23-42(44)47)68(33-39)57(76)50(59(7,8)9)67-53(72)36(3)61-11/h12-15,18-20,22-25,31,34-36,39-40,43-45,49-50,60-61H,16-17,21,26-30,32-33H2,1-11H3,(H,62,73)(H,63,74)(H,64,70)(H,65,75)(H,66,71)(H,67,72). The molecule has 3 aromatic rings. The summed E-state index contributed by atoms with van der Waals surface area (Å²) in [6.45, 7) is 16.7. The number of nitrogens with one attached hydrogen (secondary N) is 8. The van der Waals surface area contributed by atoms with Crippen LogP contribution in [-0.4, -0.2) is 127 Å². The first-order valence-corrected chi connectivity index (χ1v) is 29.4. The van der Waals surface area contributed by atoms with Crippen LogP contribution >= 0.6 is 23.5 Å². The van der Waals surface area contributed by atoms with E-state index >= 15 is 0 Å². The number of rotatable bonds is 22. The van der Waals surface area contributed by atoms with E-state index in [1.165, 1.54) is 11.0 Å². The van der Waals surface area contributed by atoms with Crippen LogP contribution in [0.2, 0.25) is 0 Å². The predicted molar refractivity (Wildman–Crippen MR) is 307 cm³/mol. The number of Topliss-reactive ketones (excluding diaryl/α,β-unsaturated/α-hetero) is 1. The summed E-state index contributed by atoms with van der Waals surface area (Å²) in [4.78, 5) is 116. The fourth-order valence-electron chi connectivity index (χ4n) is 10.2. The van der Waals surface area contributed by atoms with Crippen molar-refractivity contribution in [1.82, 2.24) is 47.4 Å². The van der Waals surface area contributed by atoms with Crippen molar-refractivity contribution in [2.24, 2.45) is 22.7 Å². The van der Waals surface area contributed by atoms with Gasteiger partial charge in [-0.1, -0.05) is 97.4 Å². The van der Waals surface area contributed by atoms with Crippen molar-refractivity contribution >= 4 is 70.7 Å². The van der Waals surface area contributed by atoms with Gasteiger partial charge in [0.25, 0.3) is 11.8 Å². The van der Waals surface area contributed by atoms with Gasteiger partial charge in [0.1, 0.15) is 12.1 Å². The number of carbonyl (C=O) groups excluding carboxylic acids is 8. The van der Waals surface area contributed by atoms with Gasteiger partial charge in [-0.25, -0.2) is 0 Å². The number of hydrogen-bond acceptors (Lipinski definition) is 12. The van der Waals surface area contributed by atoms with Crippen LogP contribution in [0.3, 0.4) is 0 Å². The van der Waals surface area contributed by atoms with E-state index in [2.05, 4.69) is 48.6 Å². The molecule has 0 saturated carbocycles. The zero-order valence-corrected chi connectivity index (χ0v) is 48.9. The molecule has 0 radical (unpaired) electrons. The van der Waals surface area contributed by atoms with Gasteiger partial charge in [0.05, 0.1) is 30.2 Å². The van der Waals surface area contributed by atoms with E-state index in [1.54, 1.807) is 76.6 Å². The smallest absolute Gasteiger partial charge is 0.251 e. The largest absolute Gasteiger partial charge is 0.352 e. The van der Waals surface area contributed by atoms with Crippen LogP contribution in [0.1, 0.15) is 145 Å². The van der Waals surface area contributed by atoms with Crippen LogP contribution in [-0.2, 0) is 28.8 Å². The minimum atomic E-state index is -0.983. The summed E-state index contributed by atoms with van der Waals surface area (Å²) in [5, 5.41) is 24.2. The first-order chi connectivity index (χ1) is 36.9. The Kier molecular flexibility index (Phi) is 21.6. The van der Waals surface area contributed by atoms with Crippen LogP contribution in [0.15, 0.2) is 82.6 Å². The molecule has 3 aliphatic heterocycles. The third-order valence-electron chi connectivity index (χ3n) is 15.3. The second-order valence-electron chi connectivity index (χ2n) is 23.2. The third kappa shape index (κ3) is 15.7. The van der Waals surface area contributed by atoms with Gasteiger partial charge in [0, 0.05) is 63.4 Å². The normalized spacial score (nSPS) is 20.5. The SMILES string of the molecule is CNC(C)C(=O)NC(C(=O)C(CCCCNC(=O)c1cccc(C(=O)NC2CC(C(=O)NC3CCSc4ccccc43)N(C(=O)C(NC(=O)C(C)NC)C(C)(C)C)C2)c1)C(C)C(=O)NC1CCSc2ccccc21)C(C)(C)C. The Balaban J connectivity index is 1.12. The second kappa shape index (κ2) is 27.4. The summed E-state index contributed by atoms with van der Waals surface area (Å²) in [6, 6.07) is 17.2. The van der Waals surface area contributed by atoms with Gasteiger partial charge in [-0.15, -0.1) is 23.5 Å². The monoisotopic (exact) mass is 1110 g/mol. The Morgan fingerprint density at radius 3 is 1.71 bits per heavy atom. The van der Waals surface area contributed by atoms with Crippen molar-refractivity contribution in [1.29, 1.82) is 0 Å². The van der Waals surface area contributed by atoms with Gasteiger partial charge in [-0.3, -0.25) is 38.4 Å². The highest BCUT2D eigenvalue weighted by atomic mass is 32.2. The number of nitrogens with zero attached hydrogens (tertiary/aromatic N) is 1. The summed E-state index contributed by atoms with van der Waals surface area (Å²) in [7, 11) is 3.33. The summed E-state index contributed by atoms with van der Waals surface area (Å²) >= 11 is 3.49. The van der Waals surface area contributed by atoms with Crippen molar-refractivity contribution in [2.45, 2.75) is 159 Å². The Morgan fingerprint density at radius 1 is 0.628 bits per heavy atom. The lowest BCUT2D eigenvalue weighted by Gasteiger charge is -2.36. The minimum Gasteiger partial charge on any atom is -0.352 e. The molecule has 8 N–H and O–H groups in total. The molecule has 6 rings (SSSR count). The van der Waals surface area contributed by atoms with Crippen molar-refractivity contribution < 1.29 is 38.4 Å². The molecule has 78 heavy (non-hydrogen) atoms. The van der Waals surface area contributed by atoms with Crippen molar-refractivity contribution in [3.05, 3.63) is 95.1 Å². The number of thioether (sulfide) groups is 2. The Hall–Kier alpha value is -5.76. The van der Waals surface area contributed by atoms with Gasteiger partial charge >= 0.3 is 0 Å². The van der Waals surface area contributed by atoms with Crippen molar-refractivity contribution in [2.75, 3.05) is 38.7 Å². The molecule has 0 aromatic heterocycles. The second-order valence-corrected chi connectivity index (χ2v) is 25.4. The van der Waals surface area contributed by atoms with E-state index in [0.717, 1.165) is 38.8 Å². The zero-order chi connectivity index (χ0) is 57.1. The van der Waals surface area contributed by atoms with Gasteiger partial charge in [-0.05, 0) is 112 Å². The maximum atomic E-state index is 14.7. The van der Waals surface area contributed by atoms with Crippen LogP contribution < -0.4 is 42.5 Å².